The molecular weight excluding hydrogens is 405 g/mol. The van der Waals surface area contributed by atoms with Crippen LogP contribution in [0.15, 0.2) is 35.2 Å². The molecule has 0 bridgehead atoms. The van der Waals surface area contributed by atoms with Gasteiger partial charge < -0.3 is 20.3 Å². The topological polar surface area (TPSA) is 70.7 Å². The van der Waals surface area contributed by atoms with Crippen molar-refractivity contribution in [2.24, 2.45) is 5.92 Å². The lowest BCUT2D eigenvalue weighted by Crippen LogP contribution is -2.38. The highest BCUT2D eigenvalue weighted by Crippen LogP contribution is 2.42. The smallest absolute Gasteiger partial charge is 0.410 e. The quantitative estimate of drug-likeness (QED) is 0.747. The van der Waals surface area contributed by atoms with Gasteiger partial charge in [-0.15, -0.1) is 0 Å². The summed E-state index contributed by atoms with van der Waals surface area (Å²) in [7, 11) is 0. The zero-order valence-corrected chi connectivity index (χ0v) is 18.1. The molecule has 1 fully saturated rings. The van der Waals surface area contributed by atoms with E-state index in [1.165, 1.54) is 23.9 Å². The Morgan fingerprint density at radius 2 is 2.10 bits per heavy atom. The Bertz CT molecular complexity index is 991. The fourth-order valence-corrected chi connectivity index (χ4v) is 5.00. The maximum Gasteiger partial charge on any atom is 0.410 e. The van der Waals surface area contributed by atoms with Crippen molar-refractivity contribution in [3.63, 3.8) is 0 Å². The molecule has 8 heteroatoms. The molecule has 160 valence electrons. The molecule has 4 rings (SSSR count). The van der Waals surface area contributed by atoms with Gasteiger partial charge in [0.2, 0.25) is 5.91 Å². The summed E-state index contributed by atoms with van der Waals surface area (Å²) in [6.07, 6.45) is 0.825. The van der Waals surface area contributed by atoms with Crippen molar-refractivity contribution < 1.29 is 18.7 Å². The van der Waals surface area contributed by atoms with Gasteiger partial charge in [0.15, 0.2) is 5.50 Å². The SMILES string of the molecule is CC(C)(C)OC(=O)N1CC[C@@H](CC(=O)NC2Nc3ccc4cc(F)ccc4c3S2)C1. The molecule has 0 aromatic heterocycles. The van der Waals surface area contributed by atoms with Crippen molar-refractivity contribution in [2.45, 2.75) is 49.6 Å². The van der Waals surface area contributed by atoms with E-state index < -0.39 is 5.60 Å². The number of fused-ring (bicyclic) bond motifs is 3. The van der Waals surface area contributed by atoms with Gasteiger partial charge in [0, 0.05) is 24.4 Å². The molecule has 2 heterocycles. The largest absolute Gasteiger partial charge is 0.444 e. The Kier molecular flexibility index (Phi) is 5.53. The third-order valence-corrected chi connectivity index (χ3v) is 6.31. The zero-order chi connectivity index (χ0) is 21.5. The van der Waals surface area contributed by atoms with Crippen molar-refractivity contribution in [1.29, 1.82) is 0 Å². The van der Waals surface area contributed by atoms with Gasteiger partial charge in [-0.2, -0.15) is 0 Å². The van der Waals surface area contributed by atoms with Gasteiger partial charge in [0.25, 0.3) is 0 Å². The van der Waals surface area contributed by atoms with Crippen LogP contribution >= 0.6 is 11.8 Å². The molecule has 2 amide bonds. The molecule has 6 nitrogen and oxygen atoms in total. The first kappa shape index (κ1) is 20.8. The summed E-state index contributed by atoms with van der Waals surface area (Å²) in [6.45, 7) is 6.67. The number of anilines is 1. The van der Waals surface area contributed by atoms with Gasteiger partial charge in [-0.25, -0.2) is 9.18 Å². The summed E-state index contributed by atoms with van der Waals surface area (Å²) < 4.78 is 18.9. The van der Waals surface area contributed by atoms with Crippen LogP contribution < -0.4 is 10.6 Å². The van der Waals surface area contributed by atoms with E-state index >= 15 is 0 Å². The van der Waals surface area contributed by atoms with E-state index in [2.05, 4.69) is 10.6 Å². The van der Waals surface area contributed by atoms with E-state index in [4.69, 9.17) is 4.74 Å². The number of nitrogens with one attached hydrogen (secondary N) is 2. The lowest BCUT2D eigenvalue weighted by Gasteiger charge is -2.24. The lowest BCUT2D eigenvalue weighted by molar-refractivity contribution is -0.122. The number of benzene rings is 2. The highest BCUT2D eigenvalue weighted by Gasteiger charge is 2.32. The Morgan fingerprint density at radius 1 is 1.30 bits per heavy atom. The summed E-state index contributed by atoms with van der Waals surface area (Å²) in [5.74, 6) is -0.199. The number of amides is 2. The number of rotatable bonds is 3. The van der Waals surface area contributed by atoms with Gasteiger partial charge in [0.05, 0.1) is 5.69 Å². The van der Waals surface area contributed by atoms with E-state index in [0.717, 1.165) is 27.8 Å². The third-order valence-electron chi connectivity index (χ3n) is 5.16. The summed E-state index contributed by atoms with van der Waals surface area (Å²) in [5.41, 5.74) is 0.135. The van der Waals surface area contributed by atoms with Gasteiger partial charge in [-0.05, 0) is 62.1 Å². The predicted molar refractivity (Wildman–Crippen MR) is 116 cm³/mol. The van der Waals surface area contributed by atoms with Crippen LogP contribution in [-0.2, 0) is 9.53 Å². The van der Waals surface area contributed by atoms with Crippen molar-refractivity contribution in [3.8, 4) is 0 Å². The standard InChI is InChI=1S/C22H26FN3O3S/c1-22(2,3)29-21(28)26-9-8-13(12-26)10-18(27)25-20-24-17-7-4-14-11-15(23)5-6-16(14)19(17)30-20/h4-7,11,13,20,24H,8-10,12H2,1-3H3,(H,25,27)/t13-,20?/m0/s1. The highest BCUT2D eigenvalue weighted by molar-refractivity contribution is 8.00. The fourth-order valence-electron chi connectivity index (χ4n) is 3.83. The maximum absolute atomic E-state index is 13.5. The Labute approximate surface area is 179 Å². The maximum atomic E-state index is 13.5. The molecule has 2 aromatic rings. The highest BCUT2D eigenvalue weighted by atomic mass is 32.2. The fraction of sp³-hybridized carbons (Fsp3) is 0.455. The minimum Gasteiger partial charge on any atom is -0.444 e. The number of hydrogen-bond donors (Lipinski definition) is 2. The molecule has 0 radical (unpaired) electrons. The number of nitrogens with zero attached hydrogens (tertiary/aromatic N) is 1. The van der Waals surface area contributed by atoms with Crippen LogP contribution in [0.1, 0.15) is 33.6 Å². The second-order valence-electron chi connectivity index (χ2n) is 8.80. The summed E-state index contributed by atoms with van der Waals surface area (Å²) in [6, 6.07) is 8.51. The van der Waals surface area contributed by atoms with E-state index in [1.54, 1.807) is 11.0 Å². The minimum absolute atomic E-state index is 0.0563. The van der Waals surface area contributed by atoms with Crippen molar-refractivity contribution in [1.82, 2.24) is 10.2 Å². The number of hydrogen-bond acceptors (Lipinski definition) is 5. The van der Waals surface area contributed by atoms with Crippen LogP contribution in [0.4, 0.5) is 14.9 Å². The van der Waals surface area contributed by atoms with Gasteiger partial charge in [-0.1, -0.05) is 23.9 Å². The van der Waals surface area contributed by atoms with Crippen molar-refractivity contribution in [3.05, 3.63) is 36.1 Å². The molecule has 2 aliphatic rings. The number of ether oxygens (including phenoxy) is 1. The molecule has 1 unspecified atom stereocenters. The first-order valence-electron chi connectivity index (χ1n) is 10.1. The summed E-state index contributed by atoms with van der Waals surface area (Å²) in [4.78, 5) is 27.4. The van der Waals surface area contributed by atoms with Crippen molar-refractivity contribution in [2.75, 3.05) is 18.4 Å². The van der Waals surface area contributed by atoms with Crippen LogP contribution in [0.25, 0.3) is 10.8 Å². The van der Waals surface area contributed by atoms with E-state index in [0.29, 0.717) is 19.5 Å². The van der Waals surface area contributed by atoms with E-state index in [-0.39, 0.29) is 29.2 Å². The summed E-state index contributed by atoms with van der Waals surface area (Å²) >= 11 is 1.52. The number of thioether (sulfide) groups is 1. The third kappa shape index (κ3) is 4.64. The molecular formula is C22H26FN3O3S. The first-order chi connectivity index (χ1) is 14.2. The monoisotopic (exact) mass is 431 g/mol. The number of carbonyl (C=O) groups is 2. The van der Waals surface area contributed by atoms with Gasteiger partial charge in [0.1, 0.15) is 11.4 Å². The van der Waals surface area contributed by atoms with Crippen LogP contribution in [0.3, 0.4) is 0 Å². The van der Waals surface area contributed by atoms with Crippen LogP contribution in [0.5, 0.6) is 0 Å². The molecule has 2 N–H and O–H groups in total. The van der Waals surface area contributed by atoms with Gasteiger partial charge in [-0.3, -0.25) is 4.79 Å². The molecule has 0 spiro atoms. The average molecular weight is 432 g/mol. The minimum atomic E-state index is -0.525. The number of carbonyl (C=O) groups excluding carboxylic acids is 2. The second kappa shape index (κ2) is 7.98. The number of likely N-dealkylation sites (tertiary alicyclic amines) is 1. The molecule has 0 saturated carbocycles. The molecule has 0 aliphatic carbocycles. The summed E-state index contributed by atoms with van der Waals surface area (Å²) in [5, 5.41) is 8.12. The van der Waals surface area contributed by atoms with E-state index in [9.17, 15) is 14.0 Å². The lowest BCUT2D eigenvalue weighted by atomic mass is 10.0. The molecule has 2 aromatic carbocycles. The Hall–Kier alpha value is -2.48. The van der Waals surface area contributed by atoms with E-state index in [1.807, 2.05) is 32.9 Å². The second-order valence-corrected chi connectivity index (χ2v) is 9.92. The normalized spacial score (nSPS) is 20.7. The molecule has 1 saturated heterocycles. The van der Waals surface area contributed by atoms with Crippen LogP contribution in [0.2, 0.25) is 0 Å². The van der Waals surface area contributed by atoms with Crippen LogP contribution in [-0.4, -0.2) is 41.1 Å². The average Bonchev–Trinajstić information content (AvgIpc) is 3.26. The Morgan fingerprint density at radius 3 is 2.87 bits per heavy atom. The van der Waals surface area contributed by atoms with Gasteiger partial charge >= 0.3 is 6.09 Å². The molecule has 2 aliphatic heterocycles. The number of halogens is 1. The van der Waals surface area contributed by atoms with Crippen molar-refractivity contribution >= 4 is 40.2 Å². The Balaban J connectivity index is 1.31. The molecule has 30 heavy (non-hydrogen) atoms. The molecule has 2 atom stereocenters. The predicted octanol–water partition coefficient (Wildman–Crippen LogP) is 4.54. The zero-order valence-electron chi connectivity index (χ0n) is 17.3. The van der Waals surface area contributed by atoms with Crippen LogP contribution in [0, 0.1) is 11.7 Å². The first-order valence-corrected chi connectivity index (χ1v) is 11.0.